The van der Waals surface area contributed by atoms with Gasteiger partial charge in [0.1, 0.15) is 6.04 Å². The first-order chi connectivity index (χ1) is 19.1. The first-order valence-corrected chi connectivity index (χ1v) is 13.1. The molecule has 40 heavy (non-hydrogen) atoms. The number of nitrogens with zero attached hydrogens (tertiary/aromatic N) is 2. The minimum absolute atomic E-state index is 0.170. The number of carboxylic acid groups (broad SMARTS) is 1. The smallest absolute Gasteiger partial charge is 0.475 e. The number of aromatic nitrogens is 1. The molecule has 2 aromatic carbocycles. The van der Waals surface area contributed by atoms with E-state index in [0.29, 0.717) is 16.3 Å². The number of hydrogen-bond donors (Lipinski definition) is 4. The van der Waals surface area contributed by atoms with Gasteiger partial charge in [-0.3, -0.25) is 14.9 Å². The number of anilines is 1. The van der Waals surface area contributed by atoms with Crippen molar-refractivity contribution < 1.29 is 32.7 Å². The predicted molar refractivity (Wildman–Crippen MR) is 143 cm³/mol. The van der Waals surface area contributed by atoms with E-state index < -0.39 is 18.2 Å². The average molecular weight is 574 g/mol. The number of nitrogens with one attached hydrogen (secondary N) is 3. The number of carboxylic acids is 1. The number of rotatable bonds is 7. The van der Waals surface area contributed by atoms with Crippen molar-refractivity contribution in [3.63, 3.8) is 0 Å². The van der Waals surface area contributed by atoms with Gasteiger partial charge in [-0.15, -0.1) is 11.3 Å². The van der Waals surface area contributed by atoms with Gasteiger partial charge < -0.3 is 15.7 Å². The van der Waals surface area contributed by atoms with Crippen LogP contribution >= 0.6 is 11.3 Å². The van der Waals surface area contributed by atoms with Gasteiger partial charge in [-0.25, -0.2) is 9.78 Å². The number of aliphatic carboxylic acids is 1. The van der Waals surface area contributed by atoms with Gasteiger partial charge in [0.05, 0.1) is 12.1 Å². The average Bonchev–Trinajstić information content (AvgIpc) is 3.46. The summed E-state index contributed by atoms with van der Waals surface area (Å²) in [5, 5.41) is 28.0. The van der Waals surface area contributed by atoms with Crippen molar-refractivity contribution in [1.82, 2.24) is 15.6 Å². The highest BCUT2D eigenvalue weighted by Crippen LogP contribution is 2.25. The zero-order valence-corrected chi connectivity index (χ0v) is 21.9. The highest BCUT2D eigenvalue weighted by Gasteiger charge is 2.38. The van der Waals surface area contributed by atoms with E-state index >= 15 is 0 Å². The Bertz CT molecular complexity index is 1340. The van der Waals surface area contributed by atoms with Crippen molar-refractivity contribution >= 4 is 34.3 Å². The summed E-state index contributed by atoms with van der Waals surface area (Å²) in [6.07, 6.45) is -0.425. The van der Waals surface area contributed by atoms with Crippen molar-refractivity contribution in [1.29, 1.82) is 5.26 Å². The quantitative estimate of drug-likeness (QED) is 0.328. The number of benzene rings is 2. The Hall–Kier alpha value is -4.28. The van der Waals surface area contributed by atoms with E-state index in [2.05, 4.69) is 27.0 Å². The number of piperidine rings is 1. The Morgan fingerprint density at radius 2 is 1.88 bits per heavy atom. The molecule has 0 aliphatic carbocycles. The summed E-state index contributed by atoms with van der Waals surface area (Å²) in [5.74, 6) is -3.22. The van der Waals surface area contributed by atoms with Crippen LogP contribution in [0.25, 0.3) is 11.1 Å². The molecule has 2 atom stereocenters. The highest BCUT2D eigenvalue weighted by molar-refractivity contribution is 7.13. The summed E-state index contributed by atoms with van der Waals surface area (Å²) in [4.78, 5) is 38.8. The number of nitriles is 1. The standard InChI is InChI=1S/C25H25N5O2S.C2HF3O2/c26-16-20(29-24(32)22-8-4-5-11-27-22)14-19-10-9-18(17-6-2-1-3-7-17)15-21(19)23(31)30-25-28-12-13-33-25;3-2(4,5)1(6)7/h1-3,6-7,9-10,12-13,15,20,22,27H,4-5,8,11,14H2,(H,29,32)(H,28,30,31);(H,6,7)/t20-,22-;/m0./s1. The zero-order valence-electron chi connectivity index (χ0n) is 21.1. The maximum atomic E-state index is 13.1. The van der Waals surface area contributed by atoms with Crippen LogP contribution in [0.1, 0.15) is 35.2 Å². The maximum Gasteiger partial charge on any atom is 0.490 e. The molecule has 1 fully saturated rings. The fourth-order valence-corrected chi connectivity index (χ4v) is 4.45. The molecule has 0 spiro atoms. The monoisotopic (exact) mass is 573 g/mol. The second-order valence-electron chi connectivity index (χ2n) is 8.73. The van der Waals surface area contributed by atoms with Crippen LogP contribution in [0.15, 0.2) is 60.1 Å². The van der Waals surface area contributed by atoms with Gasteiger partial charge in [-0.2, -0.15) is 18.4 Å². The molecule has 0 radical (unpaired) electrons. The fraction of sp³-hybridized carbons (Fsp3) is 0.296. The highest BCUT2D eigenvalue weighted by atomic mass is 32.1. The Balaban J connectivity index is 0.000000559. The zero-order chi connectivity index (χ0) is 29.1. The number of thiazole rings is 1. The molecule has 210 valence electrons. The number of halogens is 3. The normalized spacial score (nSPS) is 15.5. The molecule has 13 heteroatoms. The molecule has 1 aromatic heterocycles. The van der Waals surface area contributed by atoms with E-state index in [4.69, 9.17) is 9.90 Å². The van der Waals surface area contributed by atoms with E-state index in [-0.39, 0.29) is 24.3 Å². The molecule has 1 aliphatic heterocycles. The number of alkyl halides is 3. The minimum atomic E-state index is -5.08. The number of carbonyl (C=O) groups excluding carboxylic acids is 2. The third-order valence-electron chi connectivity index (χ3n) is 5.88. The second-order valence-corrected chi connectivity index (χ2v) is 9.62. The lowest BCUT2D eigenvalue weighted by molar-refractivity contribution is -0.192. The van der Waals surface area contributed by atoms with Gasteiger partial charge >= 0.3 is 12.1 Å². The van der Waals surface area contributed by atoms with Crippen molar-refractivity contribution in [2.45, 2.75) is 43.9 Å². The Kier molecular flexibility index (Phi) is 10.7. The van der Waals surface area contributed by atoms with E-state index in [0.717, 1.165) is 36.9 Å². The lowest BCUT2D eigenvalue weighted by atomic mass is 9.95. The molecular formula is C27H26F3N5O4S. The molecule has 4 rings (SSSR count). The third kappa shape index (κ3) is 8.89. The van der Waals surface area contributed by atoms with Crippen LogP contribution < -0.4 is 16.0 Å². The first-order valence-electron chi connectivity index (χ1n) is 12.2. The summed E-state index contributed by atoms with van der Waals surface area (Å²) < 4.78 is 31.7. The Morgan fingerprint density at radius 3 is 2.45 bits per heavy atom. The van der Waals surface area contributed by atoms with Gasteiger partial charge in [0, 0.05) is 23.6 Å². The largest absolute Gasteiger partial charge is 0.490 e. The lowest BCUT2D eigenvalue weighted by Gasteiger charge is -2.24. The van der Waals surface area contributed by atoms with Crippen LogP contribution in [-0.4, -0.2) is 52.7 Å². The van der Waals surface area contributed by atoms with Gasteiger partial charge in [-0.05, 0) is 42.1 Å². The van der Waals surface area contributed by atoms with Gasteiger partial charge in [0.15, 0.2) is 5.13 Å². The molecule has 0 unspecified atom stereocenters. The molecule has 0 saturated carbocycles. The van der Waals surface area contributed by atoms with Crippen molar-refractivity contribution in [3.8, 4) is 17.2 Å². The first kappa shape index (κ1) is 30.3. The summed E-state index contributed by atoms with van der Waals surface area (Å²) in [5.41, 5.74) is 3.03. The molecule has 2 heterocycles. The number of hydrogen-bond acceptors (Lipinski definition) is 7. The molecule has 4 N–H and O–H groups in total. The number of amides is 2. The summed E-state index contributed by atoms with van der Waals surface area (Å²) in [6, 6.07) is 16.6. The Morgan fingerprint density at radius 1 is 1.15 bits per heavy atom. The summed E-state index contributed by atoms with van der Waals surface area (Å²) >= 11 is 1.34. The fourth-order valence-electron chi connectivity index (χ4n) is 3.92. The van der Waals surface area contributed by atoms with Crippen LogP contribution in [0.3, 0.4) is 0 Å². The molecule has 9 nitrogen and oxygen atoms in total. The van der Waals surface area contributed by atoms with E-state index in [1.54, 1.807) is 11.6 Å². The van der Waals surface area contributed by atoms with Gasteiger partial charge in [-0.1, -0.05) is 48.9 Å². The van der Waals surface area contributed by atoms with Gasteiger partial charge in [0.2, 0.25) is 5.91 Å². The lowest BCUT2D eigenvalue weighted by Crippen LogP contribution is -2.49. The molecule has 1 saturated heterocycles. The minimum Gasteiger partial charge on any atom is -0.475 e. The van der Waals surface area contributed by atoms with Gasteiger partial charge in [0.25, 0.3) is 5.91 Å². The number of carbonyl (C=O) groups is 3. The molecule has 2 amide bonds. The molecular weight excluding hydrogens is 547 g/mol. The topological polar surface area (TPSA) is 144 Å². The molecule has 1 aliphatic rings. The predicted octanol–water partition coefficient (Wildman–Crippen LogP) is 4.39. The Labute approximate surface area is 232 Å². The second kappa shape index (κ2) is 14.2. The van der Waals surface area contributed by atoms with E-state index in [1.165, 1.54) is 11.3 Å². The summed E-state index contributed by atoms with van der Waals surface area (Å²) in [7, 11) is 0. The maximum absolute atomic E-state index is 13.1. The molecule has 3 aromatic rings. The van der Waals surface area contributed by atoms with E-state index in [9.17, 15) is 28.0 Å². The van der Waals surface area contributed by atoms with Crippen molar-refractivity contribution in [2.75, 3.05) is 11.9 Å². The van der Waals surface area contributed by atoms with Crippen LogP contribution in [0.4, 0.5) is 18.3 Å². The van der Waals surface area contributed by atoms with Crippen LogP contribution in [-0.2, 0) is 16.0 Å². The van der Waals surface area contributed by atoms with Crippen LogP contribution in [0.5, 0.6) is 0 Å². The van der Waals surface area contributed by atoms with Crippen LogP contribution in [0.2, 0.25) is 0 Å². The molecule has 0 bridgehead atoms. The van der Waals surface area contributed by atoms with Crippen LogP contribution in [0, 0.1) is 11.3 Å². The van der Waals surface area contributed by atoms with E-state index in [1.807, 2.05) is 48.5 Å². The summed E-state index contributed by atoms with van der Waals surface area (Å²) in [6.45, 7) is 0.803. The van der Waals surface area contributed by atoms with Crippen molar-refractivity contribution in [3.05, 3.63) is 71.2 Å². The third-order valence-corrected chi connectivity index (χ3v) is 6.57. The van der Waals surface area contributed by atoms with Crippen molar-refractivity contribution in [2.24, 2.45) is 0 Å². The SMILES string of the molecule is N#C[C@H](Cc1ccc(-c2ccccc2)cc1C(=O)Nc1nccs1)NC(=O)[C@@H]1CCCCN1.O=C(O)C(F)(F)F.